The van der Waals surface area contributed by atoms with Gasteiger partial charge < -0.3 is 14.7 Å². The Morgan fingerprint density at radius 3 is 2.60 bits per heavy atom. The summed E-state index contributed by atoms with van der Waals surface area (Å²) in [5, 5.41) is 20.7. The lowest BCUT2D eigenvalue weighted by Gasteiger charge is -2.15. The molecule has 1 saturated heterocycles. The van der Waals surface area contributed by atoms with Crippen LogP contribution < -0.4 is 4.90 Å². The molecule has 2 unspecified atom stereocenters. The van der Waals surface area contributed by atoms with E-state index in [1.165, 1.54) is 29.2 Å². The highest BCUT2D eigenvalue weighted by Gasteiger charge is 2.33. The van der Waals surface area contributed by atoms with Gasteiger partial charge in [0.25, 0.3) is 0 Å². The van der Waals surface area contributed by atoms with E-state index in [1.807, 2.05) is 0 Å². The van der Waals surface area contributed by atoms with Crippen LogP contribution in [0.25, 0.3) is 11.1 Å². The van der Waals surface area contributed by atoms with E-state index >= 15 is 4.39 Å². The van der Waals surface area contributed by atoms with E-state index in [9.17, 15) is 9.18 Å². The van der Waals surface area contributed by atoms with E-state index < -0.39 is 29.9 Å². The number of halogens is 2. The van der Waals surface area contributed by atoms with Crippen LogP contribution in [0.2, 0.25) is 0 Å². The van der Waals surface area contributed by atoms with Crippen LogP contribution in [0.1, 0.15) is 25.1 Å². The van der Waals surface area contributed by atoms with E-state index in [2.05, 4.69) is 15.5 Å². The molecule has 4 rings (SSSR count). The van der Waals surface area contributed by atoms with Gasteiger partial charge in [0.05, 0.1) is 36.8 Å². The average Bonchev–Trinajstić information content (AvgIpc) is 3.41. The number of oxime groups is 1. The maximum Gasteiger partial charge on any atom is 0.414 e. The van der Waals surface area contributed by atoms with Gasteiger partial charge in [-0.15, -0.1) is 5.10 Å². The number of cyclic esters (lactones) is 1. The maximum atomic E-state index is 15.0. The molecule has 3 aromatic rings. The number of anilines is 1. The molecule has 1 N–H and O–H groups in total. The predicted molar refractivity (Wildman–Crippen MR) is 124 cm³/mol. The van der Waals surface area contributed by atoms with Crippen LogP contribution >= 0.6 is 0 Å². The van der Waals surface area contributed by atoms with Crippen molar-refractivity contribution < 1.29 is 28.3 Å². The molecule has 1 aliphatic rings. The largest absolute Gasteiger partial charge is 0.442 e. The molecule has 0 spiro atoms. The number of hydrogen-bond acceptors (Lipinski definition) is 7. The Hall–Kier alpha value is -3.86. The van der Waals surface area contributed by atoms with Crippen LogP contribution in [-0.2, 0) is 16.1 Å². The average molecular weight is 485 g/mol. The van der Waals surface area contributed by atoms with Gasteiger partial charge in [-0.25, -0.2) is 18.3 Å². The molecule has 2 atom stereocenters. The van der Waals surface area contributed by atoms with Gasteiger partial charge in [0.15, 0.2) is 0 Å². The third kappa shape index (κ3) is 5.46. The van der Waals surface area contributed by atoms with E-state index in [0.717, 1.165) is 5.69 Å². The third-order valence-corrected chi connectivity index (χ3v) is 5.49. The monoisotopic (exact) mass is 485 g/mol. The molecule has 1 fully saturated rings. The number of aliphatic hydroxyl groups excluding tert-OH is 1. The second-order valence-corrected chi connectivity index (χ2v) is 8.33. The van der Waals surface area contributed by atoms with Crippen molar-refractivity contribution in [2.24, 2.45) is 5.16 Å². The Bertz CT molecular complexity index is 1260. The van der Waals surface area contributed by atoms with Gasteiger partial charge >= 0.3 is 6.09 Å². The van der Waals surface area contributed by atoms with Gasteiger partial charge in [0.2, 0.25) is 0 Å². The van der Waals surface area contributed by atoms with Crippen LogP contribution in [0, 0.1) is 18.6 Å². The van der Waals surface area contributed by atoms with Crippen molar-refractivity contribution in [3.05, 3.63) is 65.5 Å². The summed E-state index contributed by atoms with van der Waals surface area (Å²) in [5.41, 5.74) is 2.05. The number of hydrogen-bond donors (Lipinski definition) is 1. The SMILES string of the molecule is C/C(=N\OC(C)CO)c1ccc(-c2ccc(N3CC(Cn4cc(C)nn4)OC3=O)cc2F)c(F)c1. The minimum atomic E-state index is -0.678. The first-order valence-electron chi connectivity index (χ1n) is 11.0. The number of aliphatic hydroxyl groups is 1. The minimum Gasteiger partial charge on any atom is -0.442 e. The first-order chi connectivity index (χ1) is 16.7. The van der Waals surface area contributed by atoms with Crippen molar-refractivity contribution in [3.63, 3.8) is 0 Å². The number of rotatable bonds is 8. The highest BCUT2D eigenvalue weighted by atomic mass is 19.1. The van der Waals surface area contributed by atoms with Gasteiger partial charge in [-0.1, -0.05) is 22.5 Å². The lowest BCUT2D eigenvalue weighted by molar-refractivity contribution is 0.0290. The molecule has 2 aromatic carbocycles. The zero-order valence-electron chi connectivity index (χ0n) is 19.5. The molecule has 1 amide bonds. The van der Waals surface area contributed by atoms with Crippen molar-refractivity contribution in [3.8, 4) is 11.1 Å². The number of aryl methyl sites for hydroxylation is 1. The van der Waals surface area contributed by atoms with Crippen LogP contribution in [0.5, 0.6) is 0 Å². The zero-order valence-corrected chi connectivity index (χ0v) is 19.5. The first kappa shape index (κ1) is 24.3. The van der Waals surface area contributed by atoms with E-state index in [1.54, 1.807) is 43.8 Å². The Balaban J connectivity index is 1.49. The number of carbonyl (C=O) groups is 1. The highest BCUT2D eigenvalue weighted by Crippen LogP contribution is 2.31. The van der Waals surface area contributed by atoms with Crippen LogP contribution in [0.4, 0.5) is 19.3 Å². The summed E-state index contributed by atoms with van der Waals surface area (Å²) in [7, 11) is 0. The summed E-state index contributed by atoms with van der Waals surface area (Å²) in [6.07, 6.45) is 0.185. The smallest absolute Gasteiger partial charge is 0.414 e. The molecule has 0 radical (unpaired) electrons. The van der Waals surface area contributed by atoms with Crippen molar-refractivity contribution in [1.29, 1.82) is 0 Å². The molecule has 0 bridgehead atoms. The number of ether oxygens (including phenoxy) is 1. The zero-order chi connectivity index (χ0) is 25.1. The molecule has 1 aromatic heterocycles. The predicted octanol–water partition coefficient (Wildman–Crippen LogP) is 3.68. The summed E-state index contributed by atoms with van der Waals surface area (Å²) >= 11 is 0. The van der Waals surface area contributed by atoms with Gasteiger partial charge in [-0.05, 0) is 45.0 Å². The summed E-state index contributed by atoms with van der Waals surface area (Å²) in [6.45, 7) is 5.44. The fourth-order valence-corrected chi connectivity index (χ4v) is 3.62. The summed E-state index contributed by atoms with van der Waals surface area (Å²) in [6, 6.07) is 8.46. The van der Waals surface area contributed by atoms with Crippen molar-refractivity contribution >= 4 is 17.5 Å². The first-order valence-corrected chi connectivity index (χ1v) is 11.0. The summed E-state index contributed by atoms with van der Waals surface area (Å²) < 4.78 is 36.8. The quantitative estimate of drug-likeness (QED) is 0.386. The van der Waals surface area contributed by atoms with Gasteiger partial charge in [0, 0.05) is 22.9 Å². The normalized spacial score (nSPS) is 17.0. The molecule has 35 heavy (non-hydrogen) atoms. The third-order valence-electron chi connectivity index (χ3n) is 5.49. The number of benzene rings is 2. The molecular weight excluding hydrogens is 460 g/mol. The number of carbonyl (C=O) groups excluding carboxylic acids is 1. The van der Waals surface area contributed by atoms with Gasteiger partial charge in [0.1, 0.15) is 23.8 Å². The molecule has 9 nitrogen and oxygen atoms in total. The summed E-state index contributed by atoms with van der Waals surface area (Å²) in [4.78, 5) is 18.8. The fourth-order valence-electron chi connectivity index (χ4n) is 3.62. The van der Waals surface area contributed by atoms with E-state index in [4.69, 9.17) is 14.7 Å². The van der Waals surface area contributed by atoms with Crippen molar-refractivity contribution in [1.82, 2.24) is 15.0 Å². The lowest BCUT2D eigenvalue weighted by atomic mass is 10.0. The van der Waals surface area contributed by atoms with Crippen LogP contribution in [0.3, 0.4) is 0 Å². The van der Waals surface area contributed by atoms with Crippen molar-refractivity contribution in [2.75, 3.05) is 18.1 Å². The Morgan fingerprint density at radius 1 is 1.26 bits per heavy atom. The van der Waals surface area contributed by atoms with Gasteiger partial charge in [-0.3, -0.25) is 4.90 Å². The number of aromatic nitrogens is 3. The Morgan fingerprint density at radius 2 is 1.97 bits per heavy atom. The molecule has 2 heterocycles. The highest BCUT2D eigenvalue weighted by molar-refractivity contribution is 5.98. The molecular formula is C24H25F2N5O4. The summed E-state index contributed by atoms with van der Waals surface area (Å²) in [5.74, 6) is -1.31. The minimum absolute atomic E-state index is 0.0553. The molecule has 1 aliphatic heterocycles. The molecule has 0 saturated carbocycles. The molecule has 11 heteroatoms. The second-order valence-electron chi connectivity index (χ2n) is 8.33. The van der Waals surface area contributed by atoms with Crippen LogP contribution in [-0.4, -0.2) is 57.3 Å². The second kappa shape index (κ2) is 10.2. The van der Waals surface area contributed by atoms with Crippen molar-refractivity contribution in [2.45, 2.75) is 39.5 Å². The number of amides is 1. The van der Waals surface area contributed by atoms with E-state index in [0.29, 0.717) is 23.5 Å². The maximum absolute atomic E-state index is 15.0. The topological polar surface area (TPSA) is 102 Å². The lowest BCUT2D eigenvalue weighted by Crippen LogP contribution is -2.26. The van der Waals surface area contributed by atoms with E-state index in [-0.39, 0.29) is 24.3 Å². The Labute approximate surface area is 200 Å². The Kier molecular flexibility index (Phi) is 7.06. The van der Waals surface area contributed by atoms with Crippen LogP contribution in [0.15, 0.2) is 47.8 Å². The molecule has 184 valence electrons. The fraction of sp³-hybridized carbons (Fsp3) is 0.333. The number of nitrogens with zero attached hydrogens (tertiary/aromatic N) is 5. The van der Waals surface area contributed by atoms with Gasteiger partial charge in [-0.2, -0.15) is 0 Å². The standard InChI is InChI=1S/C24H25F2N5O4/c1-14-10-30(29-27-14)11-19-12-31(24(33)34-19)18-5-7-21(23(26)9-18)20-6-4-17(8-22(20)25)16(3)28-35-15(2)13-32/h4-10,15,19,32H,11-13H2,1-3H3/b28-16+. The molecule has 0 aliphatic carbocycles.